The fraction of sp³-hybridized carbons (Fsp3) is 0.217. The third-order valence-electron chi connectivity index (χ3n) is 5.73. The van der Waals surface area contributed by atoms with E-state index in [1.807, 2.05) is 37.3 Å². The molecule has 8 nitrogen and oxygen atoms in total. The summed E-state index contributed by atoms with van der Waals surface area (Å²) >= 11 is 1.61. The predicted octanol–water partition coefficient (Wildman–Crippen LogP) is 3.31. The van der Waals surface area contributed by atoms with Crippen molar-refractivity contribution in [1.82, 2.24) is 19.6 Å². The van der Waals surface area contributed by atoms with E-state index < -0.39 is 0 Å². The second-order valence-corrected chi connectivity index (χ2v) is 8.60. The molecular formula is C23H24N8S. The fourth-order valence-corrected chi connectivity index (χ4v) is 4.82. The van der Waals surface area contributed by atoms with E-state index in [-0.39, 0.29) is 0 Å². The number of fused-ring (bicyclic) bond motifs is 2. The van der Waals surface area contributed by atoms with E-state index in [0.29, 0.717) is 5.70 Å². The van der Waals surface area contributed by atoms with Crippen LogP contribution >= 0.6 is 11.9 Å². The number of hydrogen-bond acceptors (Lipinski definition) is 9. The first-order chi connectivity index (χ1) is 15.6. The van der Waals surface area contributed by atoms with Crippen molar-refractivity contribution in [2.45, 2.75) is 11.8 Å². The van der Waals surface area contributed by atoms with Gasteiger partial charge in [-0.1, -0.05) is 12.1 Å². The highest BCUT2D eigenvalue weighted by molar-refractivity contribution is 7.98. The van der Waals surface area contributed by atoms with Crippen LogP contribution in [-0.2, 0) is 0 Å². The lowest BCUT2D eigenvalue weighted by Crippen LogP contribution is -2.52. The van der Waals surface area contributed by atoms with Gasteiger partial charge >= 0.3 is 0 Å². The standard InChI is InChI=1S/C23H24N8S/c1-15-12-16(18(25)6-7-24)13-17-21(15)26-14-27-22(17)30-8-10-31(11-9-30)23-28-19-4-2-3-5-20(19)32-29-23/h2-7,12-14,24H,8-11,25H2,1H3,(H,28,29)/b18-6-,24-7?. The van der Waals surface area contributed by atoms with Gasteiger partial charge < -0.3 is 20.9 Å². The first-order valence-corrected chi connectivity index (χ1v) is 11.3. The van der Waals surface area contributed by atoms with Gasteiger partial charge in [0.15, 0.2) is 0 Å². The topological polar surface area (TPSA) is 107 Å². The van der Waals surface area contributed by atoms with Crippen molar-refractivity contribution in [1.29, 1.82) is 5.41 Å². The molecule has 0 unspecified atom stereocenters. The molecule has 4 N–H and O–H groups in total. The molecule has 162 valence electrons. The number of allylic oxidation sites excluding steroid dienone is 1. The van der Waals surface area contributed by atoms with E-state index in [1.54, 1.807) is 24.4 Å². The van der Waals surface area contributed by atoms with Crippen LogP contribution < -0.4 is 15.4 Å². The lowest BCUT2D eigenvalue weighted by atomic mass is 10.0. The van der Waals surface area contributed by atoms with E-state index in [4.69, 9.17) is 16.1 Å². The number of nitrogens with one attached hydrogen (secondary N) is 2. The van der Waals surface area contributed by atoms with Crippen LogP contribution in [0.15, 0.2) is 58.7 Å². The van der Waals surface area contributed by atoms with Gasteiger partial charge in [-0.15, -0.1) is 0 Å². The Labute approximate surface area is 190 Å². The van der Waals surface area contributed by atoms with Crippen molar-refractivity contribution in [3.05, 3.63) is 59.9 Å². The molecular weight excluding hydrogens is 420 g/mol. The maximum Gasteiger partial charge on any atom is 0.209 e. The Bertz CT molecular complexity index is 1240. The van der Waals surface area contributed by atoms with Gasteiger partial charge in [0.25, 0.3) is 0 Å². The lowest BCUT2D eigenvalue weighted by Gasteiger charge is -2.38. The van der Waals surface area contributed by atoms with Gasteiger partial charge in [0.05, 0.1) is 16.1 Å². The first-order valence-electron chi connectivity index (χ1n) is 10.5. The second-order valence-electron chi connectivity index (χ2n) is 7.76. The second kappa shape index (κ2) is 8.51. The molecule has 0 atom stereocenters. The molecule has 0 saturated carbocycles. The Morgan fingerprint density at radius 1 is 1.12 bits per heavy atom. The van der Waals surface area contributed by atoms with E-state index in [2.05, 4.69) is 30.6 Å². The molecule has 2 aliphatic rings. The van der Waals surface area contributed by atoms with Crippen molar-refractivity contribution < 1.29 is 0 Å². The summed E-state index contributed by atoms with van der Waals surface area (Å²) in [5, 5.41) is 8.29. The lowest BCUT2D eigenvalue weighted by molar-refractivity contribution is 0.378. The number of benzene rings is 2. The van der Waals surface area contributed by atoms with Crippen LogP contribution in [0.4, 0.5) is 11.5 Å². The summed E-state index contributed by atoms with van der Waals surface area (Å²) in [4.78, 5) is 19.7. The van der Waals surface area contributed by atoms with Crippen molar-refractivity contribution in [2.24, 2.45) is 10.7 Å². The molecule has 0 radical (unpaired) electrons. The number of aliphatic imine (C=N–C) groups is 1. The maximum atomic E-state index is 7.31. The molecule has 32 heavy (non-hydrogen) atoms. The highest BCUT2D eigenvalue weighted by Gasteiger charge is 2.24. The summed E-state index contributed by atoms with van der Waals surface area (Å²) < 4.78 is 3.38. The average molecular weight is 445 g/mol. The molecule has 5 rings (SSSR count). The highest BCUT2D eigenvalue weighted by Crippen LogP contribution is 2.32. The molecule has 0 amide bonds. The van der Waals surface area contributed by atoms with Crippen LogP contribution in [-0.4, -0.2) is 53.2 Å². The molecule has 9 heteroatoms. The Morgan fingerprint density at radius 2 is 1.91 bits per heavy atom. The number of anilines is 1. The predicted molar refractivity (Wildman–Crippen MR) is 132 cm³/mol. The van der Waals surface area contributed by atoms with Gasteiger partial charge in [-0.05, 0) is 60.3 Å². The molecule has 0 bridgehead atoms. The van der Waals surface area contributed by atoms with Gasteiger partial charge in [-0.3, -0.25) is 4.72 Å². The summed E-state index contributed by atoms with van der Waals surface area (Å²) in [7, 11) is 0. The summed E-state index contributed by atoms with van der Waals surface area (Å²) in [6.45, 7) is 5.37. The smallest absolute Gasteiger partial charge is 0.209 e. The number of piperazine rings is 1. The number of hydrogen-bond donors (Lipinski definition) is 3. The van der Waals surface area contributed by atoms with Gasteiger partial charge in [0.2, 0.25) is 5.96 Å². The molecule has 1 aromatic heterocycles. The zero-order valence-electron chi connectivity index (χ0n) is 17.7. The number of rotatable bonds is 3. The number of nitrogens with zero attached hydrogens (tertiary/aromatic N) is 5. The minimum Gasteiger partial charge on any atom is -0.398 e. The summed E-state index contributed by atoms with van der Waals surface area (Å²) in [5.41, 5.74) is 10.6. The molecule has 1 saturated heterocycles. The van der Waals surface area contributed by atoms with Crippen molar-refractivity contribution in [2.75, 3.05) is 31.1 Å². The monoisotopic (exact) mass is 444 g/mol. The third-order valence-corrected chi connectivity index (χ3v) is 6.58. The van der Waals surface area contributed by atoms with Crippen molar-refractivity contribution >= 4 is 52.2 Å². The van der Waals surface area contributed by atoms with Crippen LogP contribution in [0.3, 0.4) is 0 Å². The van der Waals surface area contributed by atoms with Gasteiger partial charge in [0, 0.05) is 43.5 Å². The Kier molecular flexibility index (Phi) is 5.40. The average Bonchev–Trinajstić information content (AvgIpc) is 2.83. The van der Waals surface area contributed by atoms with Crippen LogP contribution in [0.1, 0.15) is 11.1 Å². The van der Waals surface area contributed by atoms with Crippen molar-refractivity contribution in [3.63, 3.8) is 0 Å². The number of aromatic nitrogens is 2. The van der Waals surface area contributed by atoms with Gasteiger partial charge in [-0.2, -0.15) is 0 Å². The minimum absolute atomic E-state index is 0.559. The largest absolute Gasteiger partial charge is 0.398 e. The molecule has 2 aliphatic heterocycles. The molecule has 0 aliphatic carbocycles. The van der Waals surface area contributed by atoms with Gasteiger partial charge in [0.1, 0.15) is 12.1 Å². The first kappa shape index (κ1) is 20.3. The SMILES string of the molecule is Cc1cc(/C(N)=C/C=N)cc2c(N3CCN(C4=Nc5ccccc5SN4)CC3)ncnc12. The van der Waals surface area contributed by atoms with Crippen LogP contribution in [0.2, 0.25) is 0 Å². The zero-order chi connectivity index (χ0) is 22.1. The van der Waals surface area contributed by atoms with Crippen LogP contribution in [0.5, 0.6) is 0 Å². The normalized spacial score (nSPS) is 16.4. The minimum atomic E-state index is 0.559. The number of para-hydroxylation sites is 1. The number of guanidine groups is 1. The van der Waals surface area contributed by atoms with E-state index in [1.165, 1.54) is 6.21 Å². The fourth-order valence-electron chi connectivity index (χ4n) is 4.08. The maximum absolute atomic E-state index is 7.31. The molecule has 1 fully saturated rings. The Hall–Kier alpha value is -3.59. The summed E-state index contributed by atoms with van der Waals surface area (Å²) in [6.07, 6.45) is 4.43. The van der Waals surface area contributed by atoms with E-state index >= 15 is 0 Å². The van der Waals surface area contributed by atoms with Crippen molar-refractivity contribution in [3.8, 4) is 0 Å². The Morgan fingerprint density at radius 3 is 2.72 bits per heavy atom. The van der Waals surface area contributed by atoms with E-state index in [9.17, 15) is 0 Å². The summed E-state index contributed by atoms with van der Waals surface area (Å²) in [5.74, 6) is 1.82. The van der Waals surface area contributed by atoms with Crippen LogP contribution in [0.25, 0.3) is 16.6 Å². The van der Waals surface area contributed by atoms with E-state index in [0.717, 1.165) is 70.6 Å². The third kappa shape index (κ3) is 3.75. The quantitative estimate of drug-likeness (QED) is 0.420. The molecule has 0 spiro atoms. The van der Waals surface area contributed by atoms with Gasteiger partial charge in [-0.25, -0.2) is 15.0 Å². The zero-order valence-corrected chi connectivity index (χ0v) is 18.6. The summed E-state index contributed by atoms with van der Waals surface area (Å²) in [6, 6.07) is 12.2. The number of aryl methyl sites for hydroxylation is 1. The van der Waals surface area contributed by atoms with Crippen LogP contribution in [0, 0.1) is 12.3 Å². The Balaban J connectivity index is 1.40. The number of nitrogens with two attached hydrogens (primary N) is 1. The highest BCUT2D eigenvalue weighted by atomic mass is 32.2. The molecule has 3 heterocycles. The molecule has 3 aromatic rings. The molecule has 2 aromatic carbocycles.